The fraction of sp³-hybridized carbons (Fsp3) is 0.368. The van der Waals surface area contributed by atoms with E-state index in [0.29, 0.717) is 18.4 Å². The molecule has 27 heavy (non-hydrogen) atoms. The molecule has 1 aromatic heterocycles. The van der Waals surface area contributed by atoms with Crippen molar-refractivity contribution in [2.75, 3.05) is 7.05 Å². The molecule has 0 bridgehead atoms. The van der Waals surface area contributed by atoms with Crippen LogP contribution in [-0.4, -0.2) is 44.6 Å². The molecule has 1 aliphatic heterocycles. The van der Waals surface area contributed by atoms with Crippen LogP contribution in [0.1, 0.15) is 40.4 Å². The molecule has 2 heterocycles. The number of carbonyl (C=O) groups excluding carboxylic acids is 2. The molecule has 0 unspecified atom stereocenters. The highest BCUT2D eigenvalue weighted by Gasteiger charge is 2.39. The maximum atomic E-state index is 12.8. The molecule has 1 aliphatic rings. The van der Waals surface area contributed by atoms with E-state index >= 15 is 0 Å². The van der Waals surface area contributed by atoms with E-state index in [0.717, 1.165) is 5.56 Å². The summed E-state index contributed by atoms with van der Waals surface area (Å²) in [6, 6.07) is 6.09. The van der Waals surface area contributed by atoms with Crippen LogP contribution in [0.5, 0.6) is 0 Å². The number of carboxylic acids is 1. The number of benzene rings is 1. The molecule has 1 aromatic carbocycles. The Kier molecular flexibility index (Phi) is 5.25. The second-order valence-corrected chi connectivity index (χ2v) is 6.77. The van der Waals surface area contributed by atoms with Crippen LogP contribution in [0.2, 0.25) is 0 Å². The SMILES string of the molecule is CN1C(=O)CC[C@H](C(=O)NCc2cccc(C(=O)O)c2)[C@@H]1c1cnn(C)c1. The van der Waals surface area contributed by atoms with Gasteiger partial charge in [-0.3, -0.25) is 14.3 Å². The molecular formula is C19H22N4O4. The van der Waals surface area contributed by atoms with E-state index < -0.39 is 5.97 Å². The lowest BCUT2D eigenvalue weighted by Gasteiger charge is -2.37. The lowest BCUT2D eigenvalue weighted by Crippen LogP contribution is -2.46. The Morgan fingerprint density at radius 3 is 2.78 bits per heavy atom. The molecule has 2 N–H and O–H groups in total. The number of rotatable bonds is 5. The Hall–Kier alpha value is -3.16. The van der Waals surface area contributed by atoms with E-state index in [-0.39, 0.29) is 35.9 Å². The minimum absolute atomic E-state index is 0.00191. The van der Waals surface area contributed by atoms with Crippen molar-refractivity contribution in [2.45, 2.75) is 25.4 Å². The zero-order valence-electron chi connectivity index (χ0n) is 15.3. The molecular weight excluding hydrogens is 348 g/mol. The lowest BCUT2D eigenvalue weighted by atomic mass is 9.85. The minimum atomic E-state index is -1.01. The van der Waals surface area contributed by atoms with Crippen LogP contribution in [0.25, 0.3) is 0 Å². The first-order valence-corrected chi connectivity index (χ1v) is 8.71. The fourth-order valence-corrected chi connectivity index (χ4v) is 3.50. The second-order valence-electron chi connectivity index (χ2n) is 6.77. The largest absolute Gasteiger partial charge is 0.478 e. The van der Waals surface area contributed by atoms with Crippen LogP contribution in [-0.2, 0) is 23.2 Å². The molecule has 0 saturated carbocycles. The van der Waals surface area contributed by atoms with Gasteiger partial charge in [-0.15, -0.1) is 0 Å². The van der Waals surface area contributed by atoms with Crippen molar-refractivity contribution in [3.63, 3.8) is 0 Å². The summed E-state index contributed by atoms with van der Waals surface area (Å²) in [5.41, 5.74) is 1.71. The molecule has 8 nitrogen and oxygen atoms in total. The van der Waals surface area contributed by atoms with Crippen LogP contribution >= 0.6 is 0 Å². The Morgan fingerprint density at radius 1 is 1.33 bits per heavy atom. The first-order chi connectivity index (χ1) is 12.9. The Morgan fingerprint density at radius 2 is 2.11 bits per heavy atom. The fourth-order valence-electron chi connectivity index (χ4n) is 3.50. The van der Waals surface area contributed by atoms with Crippen molar-refractivity contribution in [2.24, 2.45) is 13.0 Å². The van der Waals surface area contributed by atoms with E-state index in [1.807, 2.05) is 6.20 Å². The number of piperidine rings is 1. The molecule has 2 amide bonds. The number of nitrogens with zero attached hydrogens (tertiary/aromatic N) is 3. The van der Waals surface area contributed by atoms with Gasteiger partial charge in [-0.2, -0.15) is 5.10 Å². The number of aromatic nitrogens is 2. The molecule has 0 spiro atoms. The Bertz CT molecular complexity index is 876. The number of carbonyl (C=O) groups is 3. The monoisotopic (exact) mass is 370 g/mol. The molecule has 0 aliphatic carbocycles. The molecule has 0 radical (unpaired) electrons. The van der Waals surface area contributed by atoms with Gasteiger partial charge in [0.1, 0.15) is 0 Å². The van der Waals surface area contributed by atoms with Gasteiger partial charge in [0.25, 0.3) is 0 Å². The summed E-state index contributed by atoms with van der Waals surface area (Å²) >= 11 is 0. The highest BCUT2D eigenvalue weighted by atomic mass is 16.4. The smallest absolute Gasteiger partial charge is 0.335 e. The predicted molar refractivity (Wildman–Crippen MR) is 96.7 cm³/mol. The third-order valence-electron chi connectivity index (χ3n) is 4.90. The van der Waals surface area contributed by atoms with Gasteiger partial charge < -0.3 is 15.3 Å². The number of nitrogens with one attached hydrogen (secondary N) is 1. The standard InChI is InChI=1S/C19H22N4O4/c1-22-11-14(10-21-22)17-15(6-7-16(24)23(17)2)18(25)20-9-12-4-3-5-13(8-12)19(26)27/h3-5,8,10-11,15,17H,6-7,9H2,1-2H3,(H,20,25)(H,26,27)/t15-,17-/m0/s1. The first kappa shape index (κ1) is 18.6. The molecule has 142 valence electrons. The van der Waals surface area contributed by atoms with Crippen molar-refractivity contribution < 1.29 is 19.5 Å². The van der Waals surface area contributed by atoms with Gasteiger partial charge in [0.05, 0.1) is 23.7 Å². The van der Waals surface area contributed by atoms with E-state index in [9.17, 15) is 14.4 Å². The number of aryl methyl sites for hydroxylation is 1. The zero-order chi connectivity index (χ0) is 19.6. The van der Waals surface area contributed by atoms with Gasteiger partial charge in [-0.25, -0.2) is 4.79 Å². The number of likely N-dealkylation sites (tertiary alicyclic amines) is 1. The van der Waals surface area contributed by atoms with Gasteiger partial charge in [0.15, 0.2) is 0 Å². The average molecular weight is 370 g/mol. The summed E-state index contributed by atoms with van der Waals surface area (Å²) in [6.07, 6.45) is 4.27. The number of hydrogen-bond acceptors (Lipinski definition) is 4. The number of hydrogen-bond donors (Lipinski definition) is 2. The maximum Gasteiger partial charge on any atom is 0.335 e. The molecule has 2 atom stereocenters. The molecule has 2 aromatic rings. The summed E-state index contributed by atoms with van der Waals surface area (Å²) < 4.78 is 1.65. The van der Waals surface area contributed by atoms with Gasteiger partial charge in [-0.1, -0.05) is 12.1 Å². The Labute approximate surface area is 156 Å². The first-order valence-electron chi connectivity index (χ1n) is 8.71. The van der Waals surface area contributed by atoms with Gasteiger partial charge in [-0.05, 0) is 24.1 Å². The van der Waals surface area contributed by atoms with Crippen LogP contribution in [0.15, 0.2) is 36.7 Å². The van der Waals surface area contributed by atoms with E-state index in [2.05, 4.69) is 10.4 Å². The van der Waals surface area contributed by atoms with Crippen LogP contribution in [0.3, 0.4) is 0 Å². The summed E-state index contributed by atoms with van der Waals surface area (Å²) in [7, 11) is 3.49. The normalized spacial score (nSPS) is 19.8. The summed E-state index contributed by atoms with van der Waals surface area (Å²) in [6.45, 7) is 0.230. The average Bonchev–Trinajstić information content (AvgIpc) is 3.08. The predicted octanol–water partition coefficient (Wildman–Crippen LogP) is 1.34. The Balaban J connectivity index is 1.74. The molecule has 1 fully saturated rings. The van der Waals surface area contributed by atoms with Gasteiger partial charge in [0.2, 0.25) is 11.8 Å². The number of aromatic carboxylic acids is 1. The third kappa shape index (κ3) is 3.99. The highest BCUT2D eigenvalue weighted by molar-refractivity contribution is 5.88. The van der Waals surface area contributed by atoms with Gasteiger partial charge >= 0.3 is 5.97 Å². The van der Waals surface area contributed by atoms with Crippen LogP contribution < -0.4 is 5.32 Å². The number of amides is 2. The van der Waals surface area contributed by atoms with Crippen molar-refractivity contribution in [1.29, 1.82) is 0 Å². The molecule has 8 heteroatoms. The quantitative estimate of drug-likeness (QED) is 0.827. The van der Waals surface area contributed by atoms with E-state index in [1.54, 1.807) is 42.0 Å². The van der Waals surface area contributed by atoms with E-state index in [1.165, 1.54) is 12.1 Å². The summed E-state index contributed by atoms with van der Waals surface area (Å²) in [5, 5.41) is 16.1. The van der Waals surface area contributed by atoms with Crippen LogP contribution in [0, 0.1) is 5.92 Å². The van der Waals surface area contributed by atoms with Gasteiger partial charge in [0, 0.05) is 38.8 Å². The molecule has 3 rings (SSSR count). The second kappa shape index (κ2) is 7.61. The topological polar surface area (TPSA) is 105 Å². The minimum Gasteiger partial charge on any atom is -0.478 e. The van der Waals surface area contributed by atoms with Crippen molar-refractivity contribution in [3.05, 3.63) is 53.3 Å². The summed E-state index contributed by atoms with van der Waals surface area (Å²) in [4.78, 5) is 37.7. The third-order valence-corrected chi connectivity index (χ3v) is 4.90. The van der Waals surface area contributed by atoms with Crippen molar-refractivity contribution >= 4 is 17.8 Å². The lowest BCUT2D eigenvalue weighted by molar-refractivity contribution is -0.141. The molecule has 1 saturated heterocycles. The summed E-state index contributed by atoms with van der Waals surface area (Å²) in [5.74, 6) is -1.56. The van der Waals surface area contributed by atoms with E-state index in [4.69, 9.17) is 5.11 Å². The zero-order valence-corrected chi connectivity index (χ0v) is 15.3. The van der Waals surface area contributed by atoms with Crippen molar-refractivity contribution in [3.8, 4) is 0 Å². The highest BCUT2D eigenvalue weighted by Crippen LogP contribution is 2.35. The maximum absolute atomic E-state index is 12.8. The number of carboxylic acid groups (broad SMARTS) is 1. The van der Waals surface area contributed by atoms with Crippen LogP contribution in [0.4, 0.5) is 0 Å². The van der Waals surface area contributed by atoms with Crippen molar-refractivity contribution in [1.82, 2.24) is 20.0 Å².